The third kappa shape index (κ3) is 2.90. The summed E-state index contributed by atoms with van der Waals surface area (Å²) in [6.07, 6.45) is 0. The van der Waals surface area contributed by atoms with Crippen molar-refractivity contribution in [3.05, 3.63) is 23.3 Å². The molecule has 1 rings (SSSR count). The number of carbonyl (C=O) groups is 1. The van der Waals surface area contributed by atoms with Gasteiger partial charge >= 0.3 is 5.97 Å². The van der Waals surface area contributed by atoms with Gasteiger partial charge in [0, 0.05) is 5.69 Å². The van der Waals surface area contributed by atoms with Crippen LogP contribution in [0.3, 0.4) is 0 Å². The van der Waals surface area contributed by atoms with Gasteiger partial charge in [-0.05, 0) is 51.0 Å². The number of methoxy groups -OCH3 is 1. The summed E-state index contributed by atoms with van der Waals surface area (Å²) in [5, 5.41) is 12.1. The van der Waals surface area contributed by atoms with Crippen LogP contribution in [-0.4, -0.2) is 23.7 Å². The van der Waals surface area contributed by atoms with E-state index in [1.165, 1.54) is 0 Å². The van der Waals surface area contributed by atoms with Crippen LogP contribution >= 0.6 is 0 Å². The second-order valence-electron chi connectivity index (χ2n) is 4.70. The molecule has 0 amide bonds. The van der Waals surface area contributed by atoms with E-state index in [1.54, 1.807) is 21.0 Å². The number of carboxylic acids is 1. The van der Waals surface area contributed by atoms with Crippen LogP contribution in [0.5, 0.6) is 5.75 Å². The van der Waals surface area contributed by atoms with Crippen molar-refractivity contribution in [1.29, 1.82) is 0 Å². The first kappa shape index (κ1) is 13.4. The molecule has 1 aromatic rings. The van der Waals surface area contributed by atoms with E-state index in [4.69, 9.17) is 9.84 Å². The molecule has 0 bridgehead atoms. The molecule has 0 aromatic heterocycles. The Balaban J connectivity index is 3.06. The normalized spacial score (nSPS) is 11.1. The van der Waals surface area contributed by atoms with Crippen molar-refractivity contribution in [2.75, 3.05) is 12.4 Å². The summed E-state index contributed by atoms with van der Waals surface area (Å²) in [6, 6.07) is 3.77. The summed E-state index contributed by atoms with van der Waals surface area (Å²) < 4.78 is 5.26. The molecule has 4 nitrogen and oxygen atoms in total. The van der Waals surface area contributed by atoms with Gasteiger partial charge in [0.25, 0.3) is 0 Å². The lowest BCUT2D eigenvalue weighted by Crippen LogP contribution is -2.39. The van der Waals surface area contributed by atoms with E-state index in [9.17, 15) is 4.79 Å². The molecule has 0 spiro atoms. The van der Waals surface area contributed by atoms with Gasteiger partial charge in [-0.2, -0.15) is 0 Å². The summed E-state index contributed by atoms with van der Waals surface area (Å²) in [4.78, 5) is 11.0. The quantitative estimate of drug-likeness (QED) is 0.845. The second-order valence-corrected chi connectivity index (χ2v) is 4.70. The van der Waals surface area contributed by atoms with Crippen molar-refractivity contribution in [3.8, 4) is 5.75 Å². The predicted octanol–water partition coefficient (Wildman–Crippen LogP) is 2.59. The number of benzene rings is 1. The largest absolute Gasteiger partial charge is 0.496 e. The van der Waals surface area contributed by atoms with Crippen LogP contribution in [0.4, 0.5) is 5.69 Å². The van der Waals surface area contributed by atoms with Crippen LogP contribution in [-0.2, 0) is 4.79 Å². The third-order valence-corrected chi connectivity index (χ3v) is 2.66. The fourth-order valence-electron chi connectivity index (χ4n) is 1.76. The topological polar surface area (TPSA) is 58.6 Å². The van der Waals surface area contributed by atoms with Gasteiger partial charge in [0.2, 0.25) is 0 Å². The van der Waals surface area contributed by atoms with Gasteiger partial charge in [-0.15, -0.1) is 0 Å². The first-order valence-electron chi connectivity index (χ1n) is 5.44. The van der Waals surface area contributed by atoms with Gasteiger partial charge in [0.05, 0.1) is 7.11 Å². The Labute approximate surface area is 102 Å². The molecule has 0 aliphatic heterocycles. The molecule has 2 N–H and O–H groups in total. The highest BCUT2D eigenvalue weighted by molar-refractivity contribution is 5.81. The Hall–Kier alpha value is -1.71. The zero-order valence-electron chi connectivity index (χ0n) is 10.9. The van der Waals surface area contributed by atoms with Crippen molar-refractivity contribution >= 4 is 11.7 Å². The maximum Gasteiger partial charge on any atom is 0.328 e. The molecule has 0 radical (unpaired) electrons. The molecule has 0 saturated heterocycles. The van der Waals surface area contributed by atoms with Gasteiger partial charge < -0.3 is 15.2 Å². The SMILES string of the molecule is COc1c(C)cc(NC(C)(C)C(=O)O)cc1C. The van der Waals surface area contributed by atoms with Crippen LogP contribution < -0.4 is 10.1 Å². The summed E-state index contributed by atoms with van der Waals surface area (Å²) >= 11 is 0. The van der Waals surface area contributed by atoms with Gasteiger partial charge in [0.15, 0.2) is 0 Å². The third-order valence-electron chi connectivity index (χ3n) is 2.66. The molecule has 0 saturated carbocycles. The molecule has 0 aliphatic carbocycles. The maximum atomic E-state index is 11.0. The first-order valence-corrected chi connectivity index (χ1v) is 5.44. The number of hydrogen-bond donors (Lipinski definition) is 2. The fourth-order valence-corrected chi connectivity index (χ4v) is 1.76. The standard InChI is InChI=1S/C13H19NO3/c1-8-6-10(7-9(2)11(8)17-5)14-13(3,4)12(15)16/h6-7,14H,1-5H3,(H,15,16). The number of anilines is 1. The smallest absolute Gasteiger partial charge is 0.328 e. The minimum absolute atomic E-state index is 0.785. The molecule has 17 heavy (non-hydrogen) atoms. The summed E-state index contributed by atoms with van der Waals surface area (Å²) in [6.45, 7) is 7.13. The Bertz CT molecular complexity index is 415. The Morgan fingerprint density at radius 1 is 1.29 bits per heavy atom. The van der Waals surface area contributed by atoms with E-state index in [0.717, 1.165) is 22.6 Å². The number of rotatable bonds is 4. The Morgan fingerprint density at radius 3 is 2.12 bits per heavy atom. The van der Waals surface area contributed by atoms with Crippen molar-refractivity contribution in [2.45, 2.75) is 33.2 Å². The van der Waals surface area contributed by atoms with Crippen LogP contribution in [0.25, 0.3) is 0 Å². The predicted molar refractivity (Wildman–Crippen MR) is 67.8 cm³/mol. The number of ether oxygens (including phenoxy) is 1. The lowest BCUT2D eigenvalue weighted by atomic mass is 10.0. The molecule has 0 unspecified atom stereocenters. The van der Waals surface area contributed by atoms with E-state index in [1.807, 2.05) is 26.0 Å². The van der Waals surface area contributed by atoms with Crippen LogP contribution in [0.1, 0.15) is 25.0 Å². The molecule has 94 valence electrons. The van der Waals surface area contributed by atoms with E-state index in [0.29, 0.717) is 0 Å². The van der Waals surface area contributed by atoms with E-state index < -0.39 is 11.5 Å². The van der Waals surface area contributed by atoms with Gasteiger partial charge in [-0.3, -0.25) is 0 Å². The molecule has 0 heterocycles. The van der Waals surface area contributed by atoms with Crippen molar-refractivity contribution in [3.63, 3.8) is 0 Å². The summed E-state index contributed by atoms with van der Waals surface area (Å²) in [7, 11) is 1.63. The van der Waals surface area contributed by atoms with Crippen molar-refractivity contribution in [2.24, 2.45) is 0 Å². The number of aliphatic carboxylic acids is 1. The molecular formula is C13H19NO3. The molecule has 1 aromatic carbocycles. The first-order chi connectivity index (χ1) is 7.77. The highest BCUT2D eigenvalue weighted by Crippen LogP contribution is 2.28. The average Bonchev–Trinajstić information content (AvgIpc) is 2.15. The minimum Gasteiger partial charge on any atom is -0.496 e. The summed E-state index contributed by atoms with van der Waals surface area (Å²) in [5.74, 6) is -0.0488. The zero-order chi connectivity index (χ0) is 13.2. The molecule has 0 atom stereocenters. The monoisotopic (exact) mass is 237 g/mol. The average molecular weight is 237 g/mol. The van der Waals surface area contributed by atoms with Gasteiger partial charge in [0.1, 0.15) is 11.3 Å². The number of hydrogen-bond acceptors (Lipinski definition) is 3. The van der Waals surface area contributed by atoms with Crippen molar-refractivity contribution < 1.29 is 14.6 Å². The van der Waals surface area contributed by atoms with Crippen molar-refractivity contribution in [1.82, 2.24) is 0 Å². The van der Waals surface area contributed by atoms with E-state index in [-0.39, 0.29) is 0 Å². The molecule has 4 heteroatoms. The Kier molecular flexibility index (Phi) is 3.66. The molecule has 0 fully saturated rings. The van der Waals surface area contributed by atoms with Crippen LogP contribution in [0, 0.1) is 13.8 Å². The number of carboxylic acid groups (broad SMARTS) is 1. The number of nitrogens with one attached hydrogen (secondary N) is 1. The van der Waals surface area contributed by atoms with Gasteiger partial charge in [-0.25, -0.2) is 4.79 Å². The summed E-state index contributed by atoms with van der Waals surface area (Å²) in [5.41, 5.74) is 1.76. The molecular weight excluding hydrogens is 218 g/mol. The lowest BCUT2D eigenvalue weighted by molar-refractivity contribution is -0.141. The number of aryl methyl sites for hydroxylation is 2. The highest BCUT2D eigenvalue weighted by atomic mass is 16.5. The fraction of sp³-hybridized carbons (Fsp3) is 0.462. The van der Waals surface area contributed by atoms with Crippen LogP contribution in [0.15, 0.2) is 12.1 Å². The maximum absolute atomic E-state index is 11.0. The minimum atomic E-state index is -0.993. The lowest BCUT2D eigenvalue weighted by Gasteiger charge is -2.23. The van der Waals surface area contributed by atoms with Gasteiger partial charge in [-0.1, -0.05) is 0 Å². The van der Waals surface area contributed by atoms with E-state index in [2.05, 4.69) is 5.32 Å². The van der Waals surface area contributed by atoms with E-state index >= 15 is 0 Å². The Morgan fingerprint density at radius 2 is 1.76 bits per heavy atom. The van der Waals surface area contributed by atoms with Crippen LogP contribution in [0.2, 0.25) is 0 Å². The second kappa shape index (κ2) is 4.65. The highest BCUT2D eigenvalue weighted by Gasteiger charge is 2.26. The molecule has 0 aliphatic rings. The zero-order valence-corrected chi connectivity index (χ0v) is 10.9.